The van der Waals surface area contributed by atoms with E-state index in [2.05, 4.69) is 39.2 Å². The highest BCUT2D eigenvalue weighted by Gasteiger charge is 1.85. The van der Waals surface area contributed by atoms with Crippen molar-refractivity contribution in [2.75, 3.05) is 11.0 Å². The molecule has 0 rings (SSSR count). The number of carbonyl (C=O) groups is 1. The Labute approximate surface area is 79.1 Å². The van der Waals surface area contributed by atoms with Gasteiger partial charge in [0.15, 0.2) is 0 Å². The summed E-state index contributed by atoms with van der Waals surface area (Å²) in [5.74, 6) is 5.55. The van der Waals surface area contributed by atoms with Crippen LogP contribution < -0.4 is 5.73 Å². The van der Waals surface area contributed by atoms with Gasteiger partial charge in [0.1, 0.15) is 6.61 Å². The van der Waals surface area contributed by atoms with Gasteiger partial charge in [-0.2, -0.15) is 0 Å². The molecule has 0 aromatic carbocycles. The average molecular weight is 265 g/mol. The first kappa shape index (κ1) is 10.3. The summed E-state index contributed by atoms with van der Waals surface area (Å²) in [7, 11) is 0. The Morgan fingerprint density at radius 3 is 3.00 bits per heavy atom. The first-order valence-electron chi connectivity index (χ1n) is 2.89. The van der Waals surface area contributed by atoms with E-state index in [1.165, 1.54) is 0 Å². The van der Waals surface area contributed by atoms with Crippen molar-refractivity contribution in [3.8, 4) is 11.8 Å². The van der Waals surface area contributed by atoms with Crippen LogP contribution in [0.2, 0.25) is 0 Å². The predicted molar refractivity (Wildman–Crippen MR) is 51.3 cm³/mol. The lowest BCUT2D eigenvalue weighted by atomic mass is 10.5. The highest BCUT2D eigenvalue weighted by Crippen LogP contribution is 1.78. The highest BCUT2D eigenvalue weighted by molar-refractivity contribution is 14.1. The summed E-state index contributed by atoms with van der Waals surface area (Å²) in [6, 6.07) is 0. The molecule has 0 saturated carbocycles. The van der Waals surface area contributed by atoms with Crippen molar-refractivity contribution in [2.45, 2.75) is 0 Å². The standard InChI is InChI=1S/C7H8INO2/c8-5-3-1-2-4-6-11-7(9)10/h2,4H,5-6H2,(H2,9,10). The van der Waals surface area contributed by atoms with Crippen LogP contribution >= 0.6 is 22.6 Å². The Balaban J connectivity index is 3.37. The maximum Gasteiger partial charge on any atom is 0.404 e. The zero-order valence-corrected chi connectivity index (χ0v) is 8.00. The monoisotopic (exact) mass is 265 g/mol. The third kappa shape index (κ3) is 9.30. The van der Waals surface area contributed by atoms with Gasteiger partial charge in [-0.1, -0.05) is 34.4 Å². The second kappa shape index (κ2) is 7.41. The highest BCUT2D eigenvalue weighted by atomic mass is 127. The molecular formula is C7H8INO2. The quantitative estimate of drug-likeness (QED) is 0.461. The molecular weight excluding hydrogens is 257 g/mol. The molecule has 0 aliphatic rings. The number of hydrogen-bond acceptors (Lipinski definition) is 2. The topological polar surface area (TPSA) is 52.3 Å². The number of rotatable bonds is 2. The van der Waals surface area contributed by atoms with Crippen LogP contribution in [0.15, 0.2) is 12.2 Å². The molecule has 0 radical (unpaired) electrons. The Hall–Kier alpha value is -0.700. The SMILES string of the molecule is NC(=O)OCC=CC#CCI. The first-order chi connectivity index (χ1) is 5.27. The lowest BCUT2D eigenvalue weighted by molar-refractivity contribution is 0.169. The van der Waals surface area contributed by atoms with Gasteiger partial charge in [-0.3, -0.25) is 0 Å². The Kier molecular flexibility index (Phi) is 6.94. The van der Waals surface area contributed by atoms with Crippen LogP contribution in [0.3, 0.4) is 0 Å². The number of amides is 1. The molecule has 0 aliphatic heterocycles. The first-order valence-corrected chi connectivity index (χ1v) is 4.41. The van der Waals surface area contributed by atoms with Crippen molar-refractivity contribution < 1.29 is 9.53 Å². The summed E-state index contributed by atoms with van der Waals surface area (Å²) >= 11 is 2.15. The smallest absolute Gasteiger partial charge is 0.404 e. The number of alkyl halides is 1. The molecule has 3 nitrogen and oxygen atoms in total. The fourth-order valence-corrected chi connectivity index (χ4v) is 0.555. The minimum Gasteiger partial charge on any atom is -0.445 e. The van der Waals surface area contributed by atoms with E-state index in [0.717, 1.165) is 4.43 Å². The van der Waals surface area contributed by atoms with E-state index in [1.807, 2.05) is 0 Å². The molecule has 0 unspecified atom stereocenters. The summed E-state index contributed by atoms with van der Waals surface area (Å²) in [5, 5.41) is 0. The predicted octanol–water partition coefficient (Wildman–Crippen LogP) is 1.08. The second-order valence-electron chi connectivity index (χ2n) is 1.49. The van der Waals surface area contributed by atoms with Crippen molar-refractivity contribution in [2.24, 2.45) is 5.73 Å². The Morgan fingerprint density at radius 2 is 2.45 bits per heavy atom. The summed E-state index contributed by atoms with van der Waals surface area (Å²) in [6.45, 7) is 0.186. The number of halogens is 1. The molecule has 0 bridgehead atoms. The van der Waals surface area contributed by atoms with E-state index >= 15 is 0 Å². The zero-order chi connectivity index (χ0) is 8.53. The van der Waals surface area contributed by atoms with Crippen molar-refractivity contribution in [3.63, 3.8) is 0 Å². The third-order valence-corrected chi connectivity index (χ3v) is 1.07. The van der Waals surface area contributed by atoms with Gasteiger partial charge in [-0.05, 0) is 12.2 Å². The molecule has 0 aromatic heterocycles. The normalized spacial score (nSPS) is 8.82. The van der Waals surface area contributed by atoms with E-state index < -0.39 is 6.09 Å². The Bertz CT molecular complexity index is 202. The van der Waals surface area contributed by atoms with Crippen LogP contribution in [0, 0.1) is 11.8 Å². The number of allylic oxidation sites excluding steroid dienone is 1. The average Bonchev–Trinajstić information content (AvgIpc) is 1.96. The van der Waals surface area contributed by atoms with Gasteiger partial charge in [0, 0.05) is 0 Å². The van der Waals surface area contributed by atoms with Crippen molar-refractivity contribution in [1.29, 1.82) is 0 Å². The number of carbonyl (C=O) groups excluding carboxylic acids is 1. The van der Waals surface area contributed by atoms with Crippen LogP contribution in [-0.4, -0.2) is 17.1 Å². The van der Waals surface area contributed by atoms with Gasteiger partial charge in [-0.25, -0.2) is 4.79 Å². The molecule has 0 saturated heterocycles. The second-order valence-corrected chi connectivity index (χ2v) is 2.25. The van der Waals surface area contributed by atoms with Gasteiger partial charge in [0.05, 0.1) is 4.43 Å². The van der Waals surface area contributed by atoms with Gasteiger partial charge >= 0.3 is 6.09 Å². The fraction of sp³-hybridized carbons (Fsp3) is 0.286. The minimum absolute atomic E-state index is 0.186. The molecule has 0 spiro atoms. The molecule has 11 heavy (non-hydrogen) atoms. The van der Waals surface area contributed by atoms with Crippen LogP contribution in [0.1, 0.15) is 0 Å². The molecule has 2 N–H and O–H groups in total. The number of ether oxygens (including phenoxy) is 1. The molecule has 0 aliphatic carbocycles. The number of primary amides is 1. The van der Waals surface area contributed by atoms with Crippen LogP contribution in [0.25, 0.3) is 0 Å². The lowest BCUT2D eigenvalue weighted by Crippen LogP contribution is -2.12. The summed E-state index contributed by atoms with van der Waals surface area (Å²) in [5.41, 5.74) is 4.70. The van der Waals surface area contributed by atoms with E-state index in [-0.39, 0.29) is 6.61 Å². The maximum atomic E-state index is 10.0. The van der Waals surface area contributed by atoms with Crippen LogP contribution in [0.5, 0.6) is 0 Å². The van der Waals surface area contributed by atoms with Gasteiger partial charge in [0.25, 0.3) is 0 Å². The molecule has 0 atom stereocenters. The van der Waals surface area contributed by atoms with Gasteiger partial charge in [-0.15, -0.1) is 0 Å². The van der Waals surface area contributed by atoms with Gasteiger partial charge < -0.3 is 10.5 Å². The fourth-order valence-electron chi connectivity index (χ4n) is 0.335. The van der Waals surface area contributed by atoms with Crippen LogP contribution in [-0.2, 0) is 4.74 Å². The van der Waals surface area contributed by atoms with Gasteiger partial charge in [0.2, 0.25) is 0 Å². The Morgan fingerprint density at radius 1 is 1.73 bits per heavy atom. The van der Waals surface area contributed by atoms with E-state index in [9.17, 15) is 4.79 Å². The van der Waals surface area contributed by atoms with Crippen molar-refractivity contribution in [1.82, 2.24) is 0 Å². The summed E-state index contributed by atoms with van der Waals surface area (Å²) < 4.78 is 5.19. The lowest BCUT2D eigenvalue weighted by Gasteiger charge is -1.91. The summed E-state index contributed by atoms with van der Waals surface area (Å²) in [4.78, 5) is 10.0. The largest absolute Gasteiger partial charge is 0.445 e. The number of hydrogen-bond donors (Lipinski definition) is 1. The minimum atomic E-state index is -0.767. The van der Waals surface area contributed by atoms with E-state index in [4.69, 9.17) is 5.73 Å². The molecule has 0 fully saturated rings. The third-order valence-electron chi connectivity index (χ3n) is 0.692. The molecule has 0 heterocycles. The molecule has 4 heteroatoms. The summed E-state index contributed by atoms with van der Waals surface area (Å²) in [6.07, 6.45) is 2.49. The van der Waals surface area contributed by atoms with E-state index in [1.54, 1.807) is 12.2 Å². The molecule has 0 aromatic rings. The van der Waals surface area contributed by atoms with E-state index in [0.29, 0.717) is 0 Å². The molecule has 60 valence electrons. The van der Waals surface area contributed by atoms with Crippen molar-refractivity contribution >= 4 is 28.7 Å². The molecule has 1 amide bonds. The maximum absolute atomic E-state index is 10.0. The number of nitrogens with two attached hydrogens (primary N) is 1. The zero-order valence-electron chi connectivity index (χ0n) is 5.84. The van der Waals surface area contributed by atoms with Crippen molar-refractivity contribution in [3.05, 3.63) is 12.2 Å². The van der Waals surface area contributed by atoms with Crippen LogP contribution in [0.4, 0.5) is 4.79 Å².